The van der Waals surface area contributed by atoms with Crippen LogP contribution in [-0.2, 0) is 32.4 Å². The molecular formula is C26H28N2O6S2. The lowest BCUT2D eigenvalue weighted by molar-refractivity contribution is -0.114. The maximum Gasteiger partial charge on any atom is 0.341 e. The zero-order valence-corrected chi connectivity index (χ0v) is 22.0. The molecule has 1 aliphatic rings. The Balaban J connectivity index is 1.71. The summed E-state index contributed by atoms with van der Waals surface area (Å²) in [6.07, 6.45) is 2.51. The Morgan fingerprint density at radius 2 is 1.81 bits per heavy atom. The fraction of sp³-hybridized carbons (Fsp3) is 0.308. The van der Waals surface area contributed by atoms with Crippen LogP contribution in [0.5, 0.6) is 5.75 Å². The molecule has 1 aliphatic carbocycles. The fourth-order valence-corrected chi connectivity index (χ4v) is 6.91. The van der Waals surface area contributed by atoms with Crippen LogP contribution in [0.4, 0.5) is 10.7 Å². The average molecular weight is 529 g/mol. The summed E-state index contributed by atoms with van der Waals surface area (Å²) in [4.78, 5) is 26.9. The monoisotopic (exact) mass is 528 g/mol. The van der Waals surface area contributed by atoms with E-state index in [-0.39, 0.29) is 10.6 Å². The van der Waals surface area contributed by atoms with E-state index in [2.05, 4.69) is 5.32 Å². The molecule has 0 atom stereocenters. The lowest BCUT2D eigenvalue weighted by atomic mass is 10.1. The second-order valence-electron chi connectivity index (χ2n) is 8.33. The predicted octanol–water partition coefficient (Wildman–Crippen LogP) is 4.56. The average Bonchev–Trinajstić information content (AvgIpc) is 3.44. The highest BCUT2D eigenvalue weighted by Crippen LogP contribution is 2.40. The van der Waals surface area contributed by atoms with Crippen LogP contribution in [0.3, 0.4) is 0 Å². The van der Waals surface area contributed by atoms with Crippen molar-refractivity contribution in [2.45, 2.75) is 38.0 Å². The molecule has 0 unspecified atom stereocenters. The molecule has 0 aliphatic heterocycles. The molecule has 10 heteroatoms. The van der Waals surface area contributed by atoms with Crippen molar-refractivity contribution >= 4 is 43.9 Å². The zero-order valence-electron chi connectivity index (χ0n) is 20.4. The Hall–Kier alpha value is -3.37. The van der Waals surface area contributed by atoms with Crippen LogP contribution in [0.15, 0.2) is 53.4 Å². The molecule has 0 spiro atoms. The van der Waals surface area contributed by atoms with Gasteiger partial charge in [0, 0.05) is 4.88 Å². The number of rotatable bonds is 9. The summed E-state index contributed by atoms with van der Waals surface area (Å²) >= 11 is 1.33. The number of para-hydroxylation sites is 2. The van der Waals surface area contributed by atoms with E-state index in [1.54, 1.807) is 43.3 Å². The predicted molar refractivity (Wildman–Crippen MR) is 140 cm³/mol. The van der Waals surface area contributed by atoms with E-state index in [0.29, 0.717) is 22.9 Å². The van der Waals surface area contributed by atoms with Crippen molar-refractivity contribution in [2.24, 2.45) is 0 Å². The number of hydrogen-bond acceptors (Lipinski definition) is 7. The third-order valence-corrected chi connectivity index (χ3v) is 8.87. The number of sulfonamides is 1. The van der Waals surface area contributed by atoms with E-state index in [0.717, 1.165) is 39.6 Å². The molecule has 0 saturated carbocycles. The lowest BCUT2D eigenvalue weighted by Crippen LogP contribution is -2.38. The number of carbonyl (C=O) groups is 2. The minimum atomic E-state index is -4.12. The highest BCUT2D eigenvalue weighted by atomic mass is 32.2. The number of amides is 1. The molecule has 0 radical (unpaired) electrons. The van der Waals surface area contributed by atoms with Crippen LogP contribution in [0.1, 0.15) is 39.7 Å². The Labute approximate surface area is 214 Å². The lowest BCUT2D eigenvalue weighted by Gasteiger charge is -2.26. The topological polar surface area (TPSA) is 102 Å². The number of thiophene rings is 1. The number of fused-ring (bicyclic) bond motifs is 1. The largest absolute Gasteiger partial charge is 0.492 e. The number of aryl methyl sites for hydroxylation is 2. The van der Waals surface area contributed by atoms with Crippen LogP contribution < -0.4 is 14.4 Å². The van der Waals surface area contributed by atoms with Gasteiger partial charge in [0.2, 0.25) is 5.91 Å². The Kier molecular flexibility index (Phi) is 7.65. The Bertz CT molecular complexity index is 1380. The Morgan fingerprint density at radius 1 is 1.08 bits per heavy atom. The van der Waals surface area contributed by atoms with Crippen molar-refractivity contribution in [3.8, 4) is 5.75 Å². The van der Waals surface area contributed by atoms with Gasteiger partial charge in [-0.1, -0.05) is 29.8 Å². The van der Waals surface area contributed by atoms with Crippen LogP contribution in [0.25, 0.3) is 0 Å². The van der Waals surface area contributed by atoms with Crippen molar-refractivity contribution in [1.29, 1.82) is 0 Å². The second kappa shape index (κ2) is 10.7. The van der Waals surface area contributed by atoms with Crippen molar-refractivity contribution in [1.82, 2.24) is 0 Å². The molecule has 0 saturated heterocycles. The first-order valence-corrected chi connectivity index (χ1v) is 13.9. The van der Waals surface area contributed by atoms with Crippen molar-refractivity contribution < 1.29 is 27.5 Å². The van der Waals surface area contributed by atoms with Gasteiger partial charge in [0.15, 0.2) is 0 Å². The molecule has 1 heterocycles. The van der Waals surface area contributed by atoms with E-state index in [1.807, 2.05) is 6.92 Å². The number of esters is 1. The van der Waals surface area contributed by atoms with Gasteiger partial charge in [0.05, 0.1) is 29.9 Å². The summed E-state index contributed by atoms with van der Waals surface area (Å²) in [6, 6.07) is 13.1. The van der Waals surface area contributed by atoms with Gasteiger partial charge in [0.25, 0.3) is 10.0 Å². The van der Waals surface area contributed by atoms with Gasteiger partial charge < -0.3 is 14.8 Å². The molecular weight excluding hydrogens is 500 g/mol. The minimum Gasteiger partial charge on any atom is -0.492 e. The van der Waals surface area contributed by atoms with Crippen LogP contribution >= 0.6 is 11.3 Å². The molecule has 190 valence electrons. The van der Waals surface area contributed by atoms with E-state index < -0.39 is 28.4 Å². The molecule has 3 aromatic rings. The first kappa shape index (κ1) is 25.7. The number of anilines is 2. The van der Waals surface area contributed by atoms with E-state index in [4.69, 9.17) is 9.47 Å². The van der Waals surface area contributed by atoms with Crippen molar-refractivity contribution in [3.63, 3.8) is 0 Å². The van der Waals surface area contributed by atoms with Crippen LogP contribution in [0, 0.1) is 6.92 Å². The van der Waals surface area contributed by atoms with Gasteiger partial charge in [-0.25, -0.2) is 13.2 Å². The zero-order chi connectivity index (χ0) is 25.9. The standard InChI is InChI=1S/C26H28N2O6S2/c1-4-34-21-10-6-5-9-20(21)28(36(31,32)18-14-12-17(2)13-15-18)16-23(29)27-25-24(26(30)33-3)19-8-7-11-22(19)35-25/h5-6,9-10,12-15H,4,7-8,11,16H2,1-3H3,(H,27,29). The number of methoxy groups -OCH3 is 1. The molecule has 8 nitrogen and oxygen atoms in total. The molecule has 2 aromatic carbocycles. The molecule has 0 fully saturated rings. The molecule has 4 rings (SSSR count). The smallest absolute Gasteiger partial charge is 0.341 e. The summed E-state index contributed by atoms with van der Waals surface area (Å²) in [5, 5.41) is 3.15. The molecule has 1 aromatic heterocycles. The highest BCUT2D eigenvalue weighted by Gasteiger charge is 2.32. The van der Waals surface area contributed by atoms with Crippen molar-refractivity contribution in [3.05, 3.63) is 70.1 Å². The van der Waals surface area contributed by atoms with E-state index in [1.165, 1.54) is 30.6 Å². The minimum absolute atomic E-state index is 0.0533. The summed E-state index contributed by atoms with van der Waals surface area (Å²) in [5.41, 5.74) is 2.41. The van der Waals surface area contributed by atoms with E-state index >= 15 is 0 Å². The highest BCUT2D eigenvalue weighted by molar-refractivity contribution is 7.92. The third kappa shape index (κ3) is 5.10. The van der Waals surface area contributed by atoms with Gasteiger partial charge in [-0.2, -0.15) is 0 Å². The first-order valence-electron chi connectivity index (χ1n) is 11.6. The summed E-state index contributed by atoms with van der Waals surface area (Å²) < 4.78 is 39.2. The maximum atomic E-state index is 13.7. The van der Waals surface area contributed by atoms with Crippen LogP contribution in [-0.4, -0.2) is 40.6 Å². The van der Waals surface area contributed by atoms with E-state index in [9.17, 15) is 18.0 Å². The molecule has 0 bridgehead atoms. The number of ether oxygens (including phenoxy) is 2. The maximum absolute atomic E-state index is 13.7. The summed E-state index contributed by atoms with van der Waals surface area (Å²) in [7, 11) is -2.82. The van der Waals surface area contributed by atoms with Gasteiger partial charge in [-0.15, -0.1) is 11.3 Å². The first-order chi connectivity index (χ1) is 17.3. The SMILES string of the molecule is CCOc1ccccc1N(CC(=O)Nc1sc2c(c1C(=O)OC)CCC2)S(=O)(=O)c1ccc(C)cc1. The summed E-state index contributed by atoms with van der Waals surface area (Å²) in [6.45, 7) is 3.48. The summed E-state index contributed by atoms with van der Waals surface area (Å²) in [5.74, 6) is -0.758. The second-order valence-corrected chi connectivity index (χ2v) is 11.3. The van der Waals surface area contributed by atoms with Gasteiger partial charge >= 0.3 is 5.97 Å². The Morgan fingerprint density at radius 3 is 2.50 bits per heavy atom. The molecule has 36 heavy (non-hydrogen) atoms. The number of nitrogens with one attached hydrogen (secondary N) is 1. The molecule has 1 N–H and O–H groups in total. The van der Waals surface area contributed by atoms with Gasteiger partial charge in [0.1, 0.15) is 17.3 Å². The van der Waals surface area contributed by atoms with Gasteiger partial charge in [-0.05, 0) is 62.9 Å². The number of hydrogen-bond donors (Lipinski definition) is 1. The fourth-order valence-electron chi connectivity index (χ4n) is 4.18. The third-order valence-electron chi connectivity index (χ3n) is 5.89. The number of nitrogens with zero attached hydrogens (tertiary/aromatic N) is 1. The van der Waals surface area contributed by atoms with Crippen molar-refractivity contribution in [2.75, 3.05) is 29.9 Å². The van der Waals surface area contributed by atoms with Crippen LogP contribution in [0.2, 0.25) is 0 Å². The normalized spacial score (nSPS) is 12.6. The number of carbonyl (C=O) groups excluding carboxylic acids is 2. The molecule has 1 amide bonds. The van der Waals surface area contributed by atoms with Gasteiger partial charge in [-0.3, -0.25) is 9.10 Å². The quantitative estimate of drug-likeness (QED) is 0.409. The number of benzene rings is 2.